The van der Waals surface area contributed by atoms with Crippen molar-refractivity contribution in [1.29, 1.82) is 0 Å². The van der Waals surface area contributed by atoms with Crippen molar-refractivity contribution in [2.45, 2.75) is 27.3 Å². The molecule has 5 nitrogen and oxygen atoms in total. The number of hydrogen-bond acceptors (Lipinski definition) is 3. The van der Waals surface area contributed by atoms with E-state index in [1.165, 1.54) is 0 Å². The van der Waals surface area contributed by atoms with Gasteiger partial charge >= 0.3 is 0 Å². The lowest BCUT2D eigenvalue weighted by Gasteiger charge is -2.14. The molecule has 30 heavy (non-hydrogen) atoms. The largest absolute Gasteiger partial charge is 0.493 e. The summed E-state index contributed by atoms with van der Waals surface area (Å²) >= 11 is 18.4. The second-order valence-corrected chi connectivity index (χ2v) is 8.59. The Hall–Kier alpha value is -2.21. The number of aromatic nitrogens is 2. The van der Waals surface area contributed by atoms with E-state index in [0.29, 0.717) is 29.9 Å². The molecule has 0 unspecified atom stereocenters. The number of carbonyl (C=O) groups excluding carboxylic acids is 1. The van der Waals surface area contributed by atoms with Gasteiger partial charge in [-0.05, 0) is 43.2 Å². The van der Waals surface area contributed by atoms with E-state index in [4.69, 9.17) is 39.5 Å². The first-order chi connectivity index (χ1) is 14.2. The predicted molar refractivity (Wildman–Crippen MR) is 122 cm³/mol. The van der Waals surface area contributed by atoms with Gasteiger partial charge in [-0.2, -0.15) is 5.10 Å². The molecule has 1 aromatic heterocycles. The molecule has 1 amide bonds. The lowest BCUT2D eigenvalue weighted by atomic mass is 10.2. The highest BCUT2D eigenvalue weighted by molar-refractivity contribution is 6.40. The molecule has 0 saturated heterocycles. The zero-order chi connectivity index (χ0) is 21.8. The number of nitrogens with zero attached hydrogens (tertiary/aromatic N) is 2. The van der Waals surface area contributed by atoms with Gasteiger partial charge in [-0.3, -0.25) is 9.48 Å². The Balaban J connectivity index is 1.80. The molecule has 1 N–H and O–H groups in total. The van der Waals surface area contributed by atoms with Crippen LogP contribution < -0.4 is 10.1 Å². The van der Waals surface area contributed by atoms with Crippen LogP contribution >= 0.6 is 34.8 Å². The van der Waals surface area contributed by atoms with E-state index in [0.717, 1.165) is 17.0 Å². The van der Waals surface area contributed by atoms with Gasteiger partial charge in [0.1, 0.15) is 5.75 Å². The highest BCUT2D eigenvalue weighted by atomic mass is 35.5. The summed E-state index contributed by atoms with van der Waals surface area (Å²) in [5, 5.41) is 8.43. The molecule has 2 aromatic carbocycles. The average molecular weight is 467 g/mol. The molecular weight excluding hydrogens is 445 g/mol. The van der Waals surface area contributed by atoms with Gasteiger partial charge in [0.25, 0.3) is 5.91 Å². The molecule has 3 aromatic rings. The van der Waals surface area contributed by atoms with Crippen LogP contribution in [0.1, 0.15) is 35.5 Å². The zero-order valence-corrected chi connectivity index (χ0v) is 19.1. The summed E-state index contributed by atoms with van der Waals surface area (Å²) in [6.07, 6.45) is 0. The van der Waals surface area contributed by atoms with Crippen molar-refractivity contribution in [2.24, 2.45) is 5.92 Å². The SMILES string of the molecule is Cc1cc(NC(=O)c2c(Cl)cccc2Cl)nn1Cc1cc(Cl)ccc1OCC(C)C. The predicted octanol–water partition coefficient (Wildman–Crippen LogP) is 6.49. The Morgan fingerprint density at radius 2 is 1.83 bits per heavy atom. The summed E-state index contributed by atoms with van der Waals surface area (Å²) < 4.78 is 7.70. The molecule has 0 saturated carbocycles. The average Bonchev–Trinajstić information content (AvgIpc) is 2.99. The van der Waals surface area contributed by atoms with E-state index in [1.54, 1.807) is 35.0 Å². The quantitative estimate of drug-likeness (QED) is 0.433. The number of rotatable bonds is 7. The Morgan fingerprint density at radius 3 is 2.50 bits per heavy atom. The van der Waals surface area contributed by atoms with Crippen LogP contribution in [0, 0.1) is 12.8 Å². The fourth-order valence-corrected chi connectivity index (χ4v) is 3.62. The number of anilines is 1. The first-order valence-corrected chi connectivity index (χ1v) is 10.6. The fraction of sp³-hybridized carbons (Fsp3) is 0.273. The number of amides is 1. The van der Waals surface area contributed by atoms with E-state index in [-0.39, 0.29) is 15.6 Å². The van der Waals surface area contributed by atoms with E-state index in [1.807, 2.05) is 19.1 Å². The molecular formula is C22H22Cl3N3O2. The Bertz CT molecular complexity index is 1040. The first kappa shape index (κ1) is 22.5. The summed E-state index contributed by atoms with van der Waals surface area (Å²) in [6.45, 7) is 7.14. The van der Waals surface area contributed by atoms with Crippen molar-refractivity contribution >= 4 is 46.5 Å². The van der Waals surface area contributed by atoms with Gasteiger partial charge in [0.2, 0.25) is 0 Å². The number of aryl methyl sites for hydroxylation is 1. The molecule has 0 fully saturated rings. The smallest absolute Gasteiger partial charge is 0.259 e. The Labute approximate surface area is 190 Å². The highest BCUT2D eigenvalue weighted by Crippen LogP contribution is 2.27. The third-order valence-electron chi connectivity index (χ3n) is 4.33. The maximum atomic E-state index is 12.6. The standard InChI is InChI=1S/C22H22Cl3N3O2/c1-13(2)12-30-19-8-7-16(23)10-15(19)11-28-14(3)9-20(27-28)26-22(29)21-17(24)5-4-6-18(21)25/h4-10,13H,11-12H2,1-3H3,(H,26,27,29). The third kappa shape index (κ3) is 5.48. The second kappa shape index (κ2) is 9.73. The number of benzene rings is 2. The maximum absolute atomic E-state index is 12.6. The Kier molecular flexibility index (Phi) is 7.29. The molecule has 0 radical (unpaired) electrons. The van der Waals surface area contributed by atoms with Crippen molar-refractivity contribution in [3.8, 4) is 5.75 Å². The van der Waals surface area contributed by atoms with Crippen LogP contribution in [0.25, 0.3) is 0 Å². The van der Waals surface area contributed by atoms with Crippen LogP contribution in [0.3, 0.4) is 0 Å². The molecule has 0 aliphatic heterocycles. The minimum absolute atomic E-state index is 0.215. The molecule has 158 valence electrons. The number of ether oxygens (including phenoxy) is 1. The van der Waals surface area contributed by atoms with Gasteiger partial charge in [-0.15, -0.1) is 0 Å². The van der Waals surface area contributed by atoms with E-state index in [9.17, 15) is 4.79 Å². The summed E-state index contributed by atoms with van der Waals surface area (Å²) in [6, 6.07) is 12.2. The lowest BCUT2D eigenvalue weighted by molar-refractivity contribution is 0.102. The number of halogens is 3. The topological polar surface area (TPSA) is 56.2 Å². The molecule has 3 rings (SSSR count). The van der Waals surface area contributed by atoms with Crippen LogP contribution in [-0.4, -0.2) is 22.3 Å². The van der Waals surface area contributed by atoms with E-state index < -0.39 is 5.91 Å². The van der Waals surface area contributed by atoms with E-state index >= 15 is 0 Å². The fourth-order valence-electron chi connectivity index (χ4n) is 2.86. The molecule has 0 atom stereocenters. The van der Waals surface area contributed by atoms with Gasteiger partial charge in [-0.25, -0.2) is 0 Å². The van der Waals surface area contributed by atoms with Crippen LogP contribution in [0.2, 0.25) is 15.1 Å². The lowest BCUT2D eigenvalue weighted by Crippen LogP contribution is -2.14. The van der Waals surface area contributed by atoms with Crippen molar-refractivity contribution < 1.29 is 9.53 Å². The molecule has 0 spiro atoms. The normalized spacial score (nSPS) is 11.0. The van der Waals surface area contributed by atoms with Crippen molar-refractivity contribution in [2.75, 3.05) is 11.9 Å². The van der Waals surface area contributed by atoms with Gasteiger partial charge in [0.15, 0.2) is 5.82 Å². The molecule has 0 aliphatic carbocycles. The maximum Gasteiger partial charge on any atom is 0.259 e. The summed E-state index contributed by atoms with van der Waals surface area (Å²) in [5.41, 5.74) is 1.99. The van der Waals surface area contributed by atoms with Gasteiger partial charge in [-0.1, -0.05) is 54.7 Å². The van der Waals surface area contributed by atoms with E-state index in [2.05, 4.69) is 24.3 Å². The summed E-state index contributed by atoms with van der Waals surface area (Å²) in [4.78, 5) is 12.6. The first-order valence-electron chi connectivity index (χ1n) is 9.45. The molecule has 0 aliphatic rings. The number of hydrogen-bond donors (Lipinski definition) is 1. The second-order valence-electron chi connectivity index (χ2n) is 7.34. The van der Waals surface area contributed by atoms with Gasteiger partial charge < -0.3 is 10.1 Å². The van der Waals surface area contributed by atoms with Crippen molar-refractivity contribution in [3.63, 3.8) is 0 Å². The van der Waals surface area contributed by atoms with Crippen LogP contribution in [0.4, 0.5) is 5.82 Å². The van der Waals surface area contributed by atoms with Crippen molar-refractivity contribution in [3.05, 3.63) is 74.4 Å². The molecule has 1 heterocycles. The van der Waals surface area contributed by atoms with Gasteiger partial charge in [0.05, 0.1) is 28.8 Å². The van der Waals surface area contributed by atoms with Crippen molar-refractivity contribution in [1.82, 2.24) is 9.78 Å². The minimum atomic E-state index is -0.418. The summed E-state index contributed by atoms with van der Waals surface area (Å²) in [5.74, 6) is 1.15. The van der Waals surface area contributed by atoms with Crippen LogP contribution in [0.15, 0.2) is 42.5 Å². The minimum Gasteiger partial charge on any atom is -0.493 e. The Morgan fingerprint density at radius 1 is 1.13 bits per heavy atom. The zero-order valence-electron chi connectivity index (χ0n) is 16.9. The molecule has 8 heteroatoms. The van der Waals surface area contributed by atoms with Crippen LogP contribution in [-0.2, 0) is 6.54 Å². The van der Waals surface area contributed by atoms with Crippen LogP contribution in [0.5, 0.6) is 5.75 Å². The molecule has 0 bridgehead atoms. The third-order valence-corrected chi connectivity index (χ3v) is 5.19. The monoisotopic (exact) mass is 465 g/mol. The number of nitrogens with one attached hydrogen (secondary N) is 1. The number of carbonyl (C=O) groups is 1. The summed E-state index contributed by atoms with van der Waals surface area (Å²) in [7, 11) is 0. The highest BCUT2D eigenvalue weighted by Gasteiger charge is 2.17. The van der Waals surface area contributed by atoms with Gasteiger partial charge in [0, 0.05) is 22.3 Å².